The quantitative estimate of drug-likeness (QED) is 0.854. The van der Waals surface area contributed by atoms with Crippen LogP contribution in [-0.2, 0) is 0 Å². The molecule has 0 aliphatic carbocycles. The second-order valence-corrected chi connectivity index (χ2v) is 5.18. The van der Waals surface area contributed by atoms with Crippen molar-refractivity contribution in [3.8, 4) is 0 Å². The van der Waals surface area contributed by atoms with Crippen molar-refractivity contribution < 1.29 is 9.18 Å². The molecule has 6 heteroatoms. The van der Waals surface area contributed by atoms with Crippen LogP contribution in [0.25, 0.3) is 0 Å². The molecule has 1 saturated heterocycles. The van der Waals surface area contributed by atoms with Gasteiger partial charge in [0, 0.05) is 25.8 Å². The summed E-state index contributed by atoms with van der Waals surface area (Å²) in [6, 6.07) is 1.41. The molecule has 1 aromatic heterocycles. The van der Waals surface area contributed by atoms with Crippen LogP contribution in [0, 0.1) is 11.7 Å². The van der Waals surface area contributed by atoms with E-state index >= 15 is 0 Å². The number of nitrogens with one attached hydrogen (secondary N) is 2. The molecule has 110 valence electrons. The van der Waals surface area contributed by atoms with Crippen LogP contribution in [-0.4, -0.2) is 49.0 Å². The second kappa shape index (κ2) is 6.65. The zero-order valence-electron chi connectivity index (χ0n) is 11.9. The van der Waals surface area contributed by atoms with Gasteiger partial charge in [0.05, 0.1) is 5.56 Å². The number of halogens is 1. The molecule has 1 aromatic rings. The molecule has 5 nitrogen and oxygen atoms in total. The van der Waals surface area contributed by atoms with Crippen LogP contribution in [0.1, 0.15) is 23.7 Å². The first kappa shape index (κ1) is 14.7. The van der Waals surface area contributed by atoms with Crippen molar-refractivity contribution in [3.05, 3.63) is 23.6 Å². The highest BCUT2D eigenvalue weighted by Gasteiger charge is 2.21. The van der Waals surface area contributed by atoms with E-state index < -0.39 is 5.82 Å². The van der Waals surface area contributed by atoms with Crippen molar-refractivity contribution in [1.29, 1.82) is 0 Å². The number of nitrogens with zero attached hydrogens (tertiary/aromatic N) is 2. The smallest absolute Gasteiger partial charge is 0.254 e. The van der Waals surface area contributed by atoms with Crippen LogP contribution < -0.4 is 10.6 Å². The van der Waals surface area contributed by atoms with Crippen molar-refractivity contribution in [2.24, 2.45) is 5.92 Å². The molecule has 1 amide bonds. The van der Waals surface area contributed by atoms with Gasteiger partial charge in [0.25, 0.3) is 5.91 Å². The van der Waals surface area contributed by atoms with Crippen LogP contribution in [0.4, 0.5) is 10.2 Å². The van der Waals surface area contributed by atoms with Gasteiger partial charge in [0.2, 0.25) is 0 Å². The third kappa shape index (κ3) is 3.45. The van der Waals surface area contributed by atoms with Gasteiger partial charge in [-0.1, -0.05) is 0 Å². The molecule has 2 rings (SSSR count). The Balaban J connectivity index is 1.96. The third-order valence-electron chi connectivity index (χ3n) is 3.52. The Kier molecular flexibility index (Phi) is 4.89. The molecule has 20 heavy (non-hydrogen) atoms. The van der Waals surface area contributed by atoms with Gasteiger partial charge in [-0.2, -0.15) is 0 Å². The van der Waals surface area contributed by atoms with E-state index in [2.05, 4.69) is 27.6 Å². The molecule has 1 aliphatic rings. The summed E-state index contributed by atoms with van der Waals surface area (Å²) in [6.45, 7) is 5.02. The lowest BCUT2D eigenvalue weighted by atomic mass is 10.1. The maximum atomic E-state index is 14.1. The van der Waals surface area contributed by atoms with E-state index in [9.17, 15) is 9.18 Å². The third-order valence-corrected chi connectivity index (χ3v) is 3.52. The maximum absolute atomic E-state index is 14.1. The number of carbonyl (C=O) groups is 1. The van der Waals surface area contributed by atoms with Gasteiger partial charge in [0.15, 0.2) is 11.6 Å². The van der Waals surface area contributed by atoms with Crippen molar-refractivity contribution in [2.75, 3.05) is 38.5 Å². The minimum atomic E-state index is -0.588. The van der Waals surface area contributed by atoms with Crippen LogP contribution in [0.3, 0.4) is 0 Å². The molecule has 1 unspecified atom stereocenters. The van der Waals surface area contributed by atoms with Gasteiger partial charge in [-0.3, -0.25) is 4.79 Å². The second-order valence-electron chi connectivity index (χ2n) is 5.18. The summed E-state index contributed by atoms with van der Waals surface area (Å²) in [5, 5.41) is 5.61. The summed E-state index contributed by atoms with van der Waals surface area (Å²) in [6.07, 6.45) is 2.51. The first-order valence-electron chi connectivity index (χ1n) is 6.97. The number of likely N-dealkylation sites (tertiary alicyclic amines) is 1. The van der Waals surface area contributed by atoms with E-state index in [0.717, 1.165) is 19.5 Å². The molecule has 0 saturated carbocycles. The Hall–Kier alpha value is -1.69. The van der Waals surface area contributed by atoms with Crippen molar-refractivity contribution in [2.45, 2.75) is 13.3 Å². The Morgan fingerprint density at radius 3 is 3.05 bits per heavy atom. The molecule has 2 heterocycles. The summed E-state index contributed by atoms with van der Waals surface area (Å²) in [7, 11) is 2.06. The van der Waals surface area contributed by atoms with E-state index in [0.29, 0.717) is 19.0 Å². The van der Waals surface area contributed by atoms with Crippen LogP contribution >= 0.6 is 0 Å². The Morgan fingerprint density at radius 1 is 1.60 bits per heavy atom. The fraction of sp³-hybridized carbons (Fsp3) is 0.571. The predicted molar refractivity (Wildman–Crippen MR) is 76.3 cm³/mol. The zero-order chi connectivity index (χ0) is 14.5. The summed E-state index contributed by atoms with van der Waals surface area (Å²) in [4.78, 5) is 18.2. The van der Waals surface area contributed by atoms with Crippen molar-refractivity contribution in [3.63, 3.8) is 0 Å². The topological polar surface area (TPSA) is 57.3 Å². The standard InChI is InChI=1S/C14H21FN4O/c1-3-16-13-12(15)11(4-6-17-13)14(20)18-8-10-5-7-19(2)9-10/h4,6,10H,3,5,7-9H2,1-2H3,(H,16,17)(H,18,20). The van der Waals surface area contributed by atoms with E-state index in [1.54, 1.807) is 0 Å². The molecule has 1 fully saturated rings. The van der Waals surface area contributed by atoms with Crippen molar-refractivity contribution in [1.82, 2.24) is 15.2 Å². The van der Waals surface area contributed by atoms with Gasteiger partial charge in [-0.25, -0.2) is 9.37 Å². The molecule has 0 spiro atoms. The van der Waals surface area contributed by atoms with E-state index in [4.69, 9.17) is 0 Å². The number of aromatic nitrogens is 1. The molecular formula is C14H21FN4O. The Bertz CT molecular complexity index is 480. The predicted octanol–water partition coefficient (Wildman–Crippen LogP) is 1.33. The molecule has 2 N–H and O–H groups in total. The van der Waals surface area contributed by atoms with Gasteiger partial charge < -0.3 is 15.5 Å². The average molecular weight is 280 g/mol. The lowest BCUT2D eigenvalue weighted by Crippen LogP contribution is -2.31. The van der Waals surface area contributed by atoms with Crippen LogP contribution in [0.15, 0.2) is 12.3 Å². The largest absolute Gasteiger partial charge is 0.368 e. The number of amides is 1. The first-order valence-corrected chi connectivity index (χ1v) is 6.97. The highest BCUT2D eigenvalue weighted by Crippen LogP contribution is 2.16. The van der Waals surface area contributed by atoms with Gasteiger partial charge >= 0.3 is 0 Å². The number of hydrogen-bond acceptors (Lipinski definition) is 4. The Labute approximate surface area is 118 Å². The normalized spacial score (nSPS) is 19.1. The summed E-state index contributed by atoms with van der Waals surface area (Å²) in [5.74, 6) is -0.392. The van der Waals surface area contributed by atoms with E-state index in [-0.39, 0.29) is 17.3 Å². The average Bonchev–Trinajstić information content (AvgIpc) is 2.84. The summed E-state index contributed by atoms with van der Waals surface area (Å²) in [5.41, 5.74) is 0.0438. The number of anilines is 1. The Morgan fingerprint density at radius 2 is 2.40 bits per heavy atom. The highest BCUT2D eigenvalue weighted by atomic mass is 19.1. The van der Waals surface area contributed by atoms with Gasteiger partial charge in [-0.05, 0) is 38.9 Å². The maximum Gasteiger partial charge on any atom is 0.254 e. The van der Waals surface area contributed by atoms with E-state index in [1.807, 2.05) is 6.92 Å². The minimum absolute atomic E-state index is 0.0438. The zero-order valence-corrected chi connectivity index (χ0v) is 11.9. The fourth-order valence-electron chi connectivity index (χ4n) is 2.43. The number of rotatable bonds is 5. The van der Waals surface area contributed by atoms with Crippen LogP contribution in [0.2, 0.25) is 0 Å². The van der Waals surface area contributed by atoms with Crippen molar-refractivity contribution >= 4 is 11.7 Å². The molecule has 0 aromatic carbocycles. The SMILES string of the molecule is CCNc1nccc(C(=O)NCC2CCN(C)C2)c1F. The van der Waals surface area contributed by atoms with Gasteiger partial charge in [-0.15, -0.1) is 0 Å². The number of carbonyl (C=O) groups excluding carboxylic acids is 1. The molecular weight excluding hydrogens is 259 g/mol. The molecule has 1 atom stereocenters. The lowest BCUT2D eigenvalue weighted by Gasteiger charge is -2.13. The monoisotopic (exact) mass is 280 g/mol. The first-order chi connectivity index (χ1) is 9.61. The molecule has 0 radical (unpaired) electrons. The number of pyridine rings is 1. The molecule has 1 aliphatic heterocycles. The molecule has 0 bridgehead atoms. The summed E-state index contributed by atoms with van der Waals surface area (Å²) >= 11 is 0. The minimum Gasteiger partial charge on any atom is -0.368 e. The fourth-order valence-corrected chi connectivity index (χ4v) is 2.43. The van der Waals surface area contributed by atoms with E-state index in [1.165, 1.54) is 12.3 Å². The van der Waals surface area contributed by atoms with Crippen LogP contribution in [0.5, 0.6) is 0 Å². The number of hydrogen-bond donors (Lipinski definition) is 2. The summed E-state index contributed by atoms with van der Waals surface area (Å²) < 4.78 is 14.1. The lowest BCUT2D eigenvalue weighted by molar-refractivity contribution is 0.0943. The van der Waals surface area contributed by atoms with Gasteiger partial charge in [0.1, 0.15) is 0 Å². The highest BCUT2D eigenvalue weighted by molar-refractivity contribution is 5.95.